The van der Waals surface area contributed by atoms with Gasteiger partial charge in [-0.3, -0.25) is 0 Å². The fourth-order valence-corrected chi connectivity index (χ4v) is 1.71. The van der Waals surface area contributed by atoms with Gasteiger partial charge in [0, 0.05) is 20.0 Å². The molecule has 1 heterocycles. The second-order valence-electron chi connectivity index (χ2n) is 3.28. The molecular formula is C9H12BrF3N4. The van der Waals surface area contributed by atoms with Crippen LogP contribution in [0.5, 0.6) is 0 Å². The van der Waals surface area contributed by atoms with E-state index in [9.17, 15) is 13.2 Å². The number of rotatable bonds is 5. The fourth-order valence-electron chi connectivity index (χ4n) is 1.16. The first-order chi connectivity index (χ1) is 7.94. The summed E-state index contributed by atoms with van der Waals surface area (Å²) >= 11 is 3.26. The van der Waals surface area contributed by atoms with Gasteiger partial charge in [-0.25, -0.2) is 9.97 Å². The van der Waals surface area contributed by atoms with Crippen molar-refractivity contribution in [3.63, 3.8) is 0 Å². The molecule has 0 aliphatic rings. The lowest BCUT2D eigenvalue weighted by molar-refractivity contribution is -0.134. The van der Waals surface area contributed by atoms with Crippen molar-refractivity contribution in [2.24, 2.45) is 0 Å². The second-order valence-corrected chi connectivity index (χ2v) is 4.07. The maximum Gasteiger partial charge on any atom is 0.389 e. The molecule has 0 amide bonds. The van der Waals surface area contributed by atoms with Gasteiger partial charge in [0.2, 0.25) is 0 Å². The van der Waals surface area contributed by atoms with E-state index in [1.54, 1.807) is 7.05 Å². The summed E-state index contributed by atoms with van der Waals surface area (Å²) in [6, 6.07) is 0. The van der Waals surface area contributed by atoms with E-state index in [4.69, 9.17) is 0 Å². The van der Waals surface area contributed by atoms with Crippen molar-refractivity contribution in [3.8, 4) is 0 Å². The van der Waals surface area contributed by atoms with E-state index in [2.05, 4.69) is 36.5 Å². The molecule has 0 aromatic carbocycles. The number of hydrogen-bond donors (Lipinski definition) is 2. The largest absolute Gasteiger partial charge is 0.389 e. The highest BCUT2D eigenvalue weighted by Gasteiger charge is 2.25. The molecule has 1 rings (SSSR count). The van der Waals surface area contributed by atoms with Gasteiger partial charge in [-0.1, -0.05) is 0 Å². The number of anilines is 2. The Morgan fingerprint density at radius 1 is 1.29 bits per heavy atom. The fraction of sp³-hybridized carbons (Fsp3) is 0.556. The van der Waals surface area contributed by atoms with Crippen molar-refractivity contribution in [2.45, 2.75) is 19.0 Å². The van der Waals surface area contributed by atoms with E-state index in [0.29, 0.717) is 16.1 Å². The van der Waals surface area contributed by atoms with Crippen molar-refractivity contribution in [1.82, 2.24) is 9.97 Å². The Balaban J connectivity index is 2.47. The SMILES string of the molecule is CNc1ncnc(NCCCC(F)(F)F)c1Br. The highest BCUT2D eigenvalue weighted by atomic mass is 79.9. The lowest BCUT2D eigenvalue weighted by Gasteiger charge is -2.10. The Labute approximate surface area is 105 Å². The standard InChI is InChI=1S/C9H12BrF3N4/c1-14-7-6(10)8(17-5-16-7)15-4-2-3-9(11,12)13/h5H,2-4H2,1H3,(H2,14,15,16,17). The molecule has 96 valence electrons. The highest BCUT2D eigenvalue weighted by Crippen LogP contribution is 2.26. The van der Waals surface area contributed by atoms with Crippen LogP contribution in [-0.4, -0.2) is 29.7 Å². The van der Waals surface area contributed by atoms with Crippen LogP contribution < -0.4 is 10.6 Å². The quantitative estimate of drug-likeness (QED) is 0.821. The molecule has 17 heavy (non-hydrogen) atoms. The molecular weight excluding hydrogens is 301 g/mol. The number of nitrogens with zero attached hydrogens (tertiary/aromatic N) is 2. The van der Waals surface area contributed by atoms with Crippen LogP contribution in [0, 0.1) is 0 Å². The molecule has 0 atom stereocenters. The zero-order chi connectivity index (χ0) is 12.9. The molecule has 1 aromatic heterocycles. The molecule has 0 saturated carbocycles. The summed E-state index contributed by atoms with van der Waals surface area (Å²) in [6.07, 6.45) is -3.57. The van der Waals surface area contributed by atoms with E-state index in [-0.39, 0.29) is 13.0 Å². The second kappa shape index (κ2) is 6.04. The molecule has 0 radical (unpaired) electrons. The molecule has 4 nitrogen and oxygen atoms in total. The first-order valence-corrected chi connectivity index (χ1v) is 5.72. The predicted octanol–water partition coefficient (Wildman–Crippen LogP) is 3.04. The number of halogens is 4. The van der Waals surface area contributed by atoms with E-state index < -0.39 is 12.6 Å². The van der Waals surface area contributed by atoms with E-state index >= 15 is 0 Å². The van der Waals surface area contributed by atoms with Crippen LogP contribution in [0.1, 0.15) is 12.8 Å². The Hall–Kier alpha value is -1.05. The number of alkyl halides is 3. The topological polar surface area (TPSA) is 49.8 Å². The summed E-state index contributed by atoms with van der Waals surface area (Å²) < 4.78 is 36.3. The molecule has 0 unspecified atom stereocenters. The Morgan fingerprint density at radius 2 is 1.94 bits per heavy atom. The van der Waals surface area contributed by atoms with E-state index in [0.717, 1.165) is 0 Å². The molecule has 2 N–H and O–H groups in total. The zero-order valence-electron chi connectivity index (χ0n) is 9.10. The number of nitrogens with one attached hydrogen (secondary N) is 2. The van der Waals surface area contributed by atoms with Crippen molar-refractivity contribution >= 4 is 27.6 Å². The Morgan fingerprint density at radius 3 is 2.53 bits per heavy atom. The molecule has 0 bridgehead atoms. The molecule has 0 spiro atoms. The van der Waals surface area contributed by atoms with Gasteiger partial charge in [0.15, 0.2) is 0 Å². The lowest BCUT2D eigenvalue weighted by atomic mass is 10.3. The monoisotopic (exact) mass is 312 g/mol. The minimum atomic E-state index is -4.11. The number of hydrogen-bond acceptors (Lipinski definition) is 4. The van der Waals surface area contributed by atoms with Crippen molar-refractivity contribution in [3.05, 3.63) is 10.8 Å². The highest BCUT2D eigenvalue weighted by molar-refractivity contribution is 9.10. The average Bonchev–Trinajstić information content (AvgIpc) is 2.25. The van der Waals surface area contributed by atoms with Gasteiger partial charge in [0.05, 0.1) is 0 Å². The molecule has 0 fully saturated rings. The van der Waals surface area contributed by atoms with Gasteiger partial charge in [0.1, 0.15) is 22.4 Å². The van der Waals surface area contributed by atoms with Crippen molar-refractivity contribution in [2.75, 3.05) is 24.2 Å². The van der Waals surface area contributed by atoms with Crippen LogP contribution in [0.25, 0.3) is 0 Å². The number of aromatic nitrogens is 2. The van der Waals surface area contributed by atoms with Crippen LogP contribution in [0.15, 0.2) is 10.8 Å². The van der Waals surface area contributed by atoms with Crippen LogP contribution in [0.4, 0.5) is 24.8 Å². The maximum atomic E-state index is 11.9. The summed E-state index contributed by atoms with van der Waals surface area (Å²) in [4.78, 5) is 7.87. The van der Waals surface area contributed by atoms with Crippen LogP contribution in [0.2, 0.25) is 0 Å². The van der Waals surface area contributed by atoms with Gasteiger partial charge >= 0.3 is 6.18 Å². The summed E-state index contributed by atoms with van der Waals surface area (Å²) in [6.45, 7) is 0.207. The van der Waals surface area contributed by atoms with Gasteiger partial charge < -0.3 is 10.6 Å². The molecule has 1 aromatic rings. The minimum absolute atomic E-state index is 0.00876. The normalized spacial score (nSPS) is 11.4. The average molecular weight is 313 g/mol. The van der Waals surface area contributed by atoms with Crippen molar-refractivity contribution in [1.29, 1.82) is 0 Å². The molecule has 0 aliphatic heterocycles. The Kier molecular flexibility index (Phi) is 4.98. The van der Waals surface area contributed by atoms with E-state index in [1.807, 2.05) is 0 Å². The summed E-state index contributed by atoms with van der Waals surface area (Å²) in [7, 11) is 1.69. The van der Waals surface area contributed by atoms with Crippen LogP contribution in [-0.2, 0) is 0 Å². The summed E-state index contributed by atoms with van der Waals surface area (Å²) in [5, 5.41) is 5.65. The smallest absolute Gasteiger partial charge is 0.372 e. The van der Waals surface area contributed by atoms with Crippen LogP contribution in [0.3, 0.4) is 0 Å². The molecule has 0 saturated heterocycles. The third kappa shape index (κ3) is 4.76. The van der Waals surface area contributed by atoms with Crippen LogP contribution >= 0.6 is 15.9 Å². The van der Waals surface area contributed by atoms with E-state index in [1.165, 1.54) is 6.33 Å². The lowest BCUT2D eigenvalue weighted by Crippen LogP contribution is -2.12. The van der Waals surface area contributed by atoms with Gasteiger partial charge in [-0.2, -0.15) is 13.2 Å². The summed E-state index contributed by atoms with van der Waals surface area (Å²) in [5.41, 5.74) is 0. The van der Waals surface area contributed by atoms with Gasteiger partial charge in [0.25, 0.3) is 0 Å². The predicted molar refractivity (Wildman–Crippen MR) is 63.1 cm³/mol. The van der Waals surface area contributed by atoms with Crippen molar-refractivity contribution < 1.29 is 13.2 Å². The first-order valence-electron chi connectivity index (χ1n) is 4.93. The molecule has 8 heteroatoms. The minimum Gasteiger partial charge on any atom is -0.372 e. The van der Waals surface area contributed by atoms with Gasteiger partial charge in [-0.15, -0.1) is 0 Å². The first kappa shape index (κ1) is 14.0. The summed E-state index contributed by atoms with van der Waals surface area (Å²) in [5.74, 6) is 1.06. The zero-order valence-corrected chi connectivity index (χ0v) is 10.7. The third-order valence-corrected chi connectivity index (χ3v) is 2.71. The molecule has 0 aliphatic carbocycles. The van der Waals surface area contributed by atoms with Gasteiger partial charge in [-0.05, 0) is 22.4 Å². The Bertz CT molecular complexity index is 370. The maximum absolute atomic E-state index is 11.9. The third-order valence-electron chi connectivity index (χ3n) is 1.96.